The molecule has 0 radical (unpaired) electrons. The molecule has 5 amide bonds. The monoisotopic (exact) mass is 1680 g/mol. The molecule has 12 N–H and O–H groups in total. The fourth-order valence-corrected chi connectivity index (χ4v) is 16.1. The molecule has 16 rings (SSSR count). The van der Waals surface area contributed by atoms with Gasteiger partial charge >= 0.3 is 12.2 Å². The van der Waals surface area contributed by atoms with Crippen LogP contribution in [0.4, 0.5) is 27.2 Å². The molecule has 12 heterocycles. The molecule has 28 heteroatoms. The van der Waals surface area contributed by atoms with E-state index in [-0.39, 0.29) is 47.3 Å². The number of primary amides is 3. The van der Waals surface area contributed by atoms with Crippen molar-refractivity contribution in [2.75, 3.05) is 66.5 Å². The largest absolute Gasteiger partial charge is 0.444 e. The van der Waals surface area contributed by atoms with Crippen molar-refractivity contribution in [3.8, 4) is 95.6 Å². The third kappa shape index (κ3) is 22.5. The molecular weight excluding hydrogens is 1580 g/mol. The highest BCUT2D eigenvalue weighted by molar-refractivity contribution is 6.03. The van der Waals surface area contributed by atoms with E-state index in [9.17, 15) is 46.8 Å². The van der Waals surface area contributed by atoms with Crippen LogP contribution in [0.25, 0.3) is 89.5 Å². The molecule has 0 unspecified atom stereocenters. The van der Waals surface area contributed by atoms with Gasteiger partial charge in [0, 0.05) is 157 Å². The molecular formula is C96H104F4N16O8. The number of nitriles is 1. The Hall–Kier alpha value is -13.4. The number of rotatable bonds is 15. The molecule has 0 atom stereocenters. The maximum absolute atomic E-state index is 13.6. The highest BCUT2D eigenvalue weighted by Crippen LogP contribution is 2.44. The minimum absolute atomic E-state index is 0.186. The van der Waals surface area contributed by atoms with Crippen molar-refractivity contribution in [2.24, 2.45) is 17.2 Å². The highest BCUT2D eigenvalue weighted by Gasteiger charge is 2.33. The van der Waals surface area contributed by atoms with Crippen molar-refractivity contribution in [1.29, 1.82) is 5.26 Å². The second-order valence-electron chi connectivity index (χ2n) is 33.1. The number of aromatic amines is 4. The second-order valence-corrected chi connectivity index (χ2v) is 33.1. The van der Waals surface area contributed by atoms with Crippen LogP contribution in [0, 0.1) is 34.6 Å². The van der Waals surface area contributed by atoms with Crippen LogP contribution in [-0.4, -0.2) is 167 Å². The predicted molar refractivity (Wildman–Crippen MR) is 470 cm³/mol. The smallest absolute Gasteiger partial charge is 0.410 e. The normalized spacial score (nSPS) is 14.8. The Bertz CT molecular complexity index is 5720. The van der Waals surface area contributed by atoms with E-state index in [1.165, 1.54) is 67.1 Å². The van der Waals surface area contributed by atoms with Gasteiger partial charge in [0.25, 0.3) is 17.7 Å². The summed E-state index contributed by atoms with van der Waals surface area (Å²) in [6, 6.07) is 42.9. The number of aliphatic hydroxyl groups excluding tert-OH is 1. The maximum atomic E-state index is 13.6. The first kappa shape index (κ1) is 89.9. The third-order valence-corrected chi connectivity index (χ3v) is 22.4. The first-order chi connectivity index (χ1) is 59.5. The average molecular weight is 1690 g/mol. The number of benzene rings is 4. The SMILES string of the molecule is CC(C)(C)OC(=O)N1CCC(c2cc(-c3ccncc3C#N)c(-c3ccc(F)cc3)[nH]2)CC1.CC(C)(C)OC(=O)N1CCC(c2cc(-c3ccncc3C(N)=O)c(-c3ccc(F)cc3)[nH]2)CC1.CN1CCC(c2cc(-c3ccncc3C(N)=O)c(-c3ccc(F)cc3)[nH]2)CC1.CO.NC(=O)c1cnccc1-c1cc(C2CCNCC2)[nH]c1-c1ccc(F)cc1. The number of carbonyl (C=O) groups excluding carboxylic acids is 5. The molecule has 4 aromatic carbocycles. The van der Waals surface area contributed by atoms with Crippen molar-refractivity contribution in [2.45, 2.75) is 128 Å². The lowest BCUT2D eigenvalue weighted by Gasteiger charge is -2.33. The molecule has 4 saturated heterocycles. The van der Waals surface area contributed by atoms with Crippen molar-refractivity contribution >= 4 is 29.9 Å². The fourth-order valence-electron chi connectivity index (χ4n) is 16.1. The van der Waals surface area contributed by atoms with E-state index in [2.05, 4.69) is 81.4 Å². The van der Waals surface area contributed by atoms with Gasteiger partial charge in [-0.3, -0.25) is 34.3 Å². The zero-order valence-electron chi connectivity index (χ0n) is 70.7. The zero-order valence-corrected chi connectivity index (χ0v) is 70.7. The summed E-state index contributed by atoms with van der Waals surface area (Å²) in [5.74, 6) is -1.56. The summed E-state index contributed by atoms with van der Waals surface area (Å²) in [4.78, 5) is 96.9. The van der Waals surface area contributed by atoms with Gasteiger partial charge in [-0.05, 0) is 311 Å². The van der Waals surface area contributed by atoms with Gasteiger partial charge in [-0.1, -0.05) is 0 Å². The molecule has 24 nitrogen and oxygen atoms in total. The van der Waals surface area contributed by atoms with E-state index in [0.717, 1.165) is 191 Å². The number of halogens is 4. The zero-order chi connectivity index (χ0) is 88.5. The molecule has 4 aliphatic rings. The number of ether oxygens (including phenoxy) is 2. The van der Waals surface area contributed by atoms with Gasteiger partial charge < -0.3 is 71.7 Å². The van der Waals surface area contributed by atoms with Gasteiger partial charge in [0.1, 0.15) is 40.5 Å². The number of carbonyl (C=O) groups is 5. The van der Waals surface area contributed by atoms with Crippen LogP contribution in [0.2, 0.25) is 0 Å². The lowest BCUT2D eigenvalue weighted by atomic mass is 9.92. The summed E-state index contributed by atoms with van der Waals surface area (Å²) in [6.45, 7) is 17.6. The van der Waals surface area contributed by atoms with Crippen LogP contribution >= 0.6 is 0 Å². The summed E-state index contributed by atoms with van der Waals surface area (Å²) < 4.78 is 65.0. The minimum atomic E-state index is -0.568. The Morgan fingerprint density at radius 1 is 0.395 bits per heavy atom. The number of nitrogens with two attached hydrogens (primary N) is 3. The van der Waals surface area contributed by atoms with E-state index in [0.29, 0.717) is 65.8 Å². The quantitative estimate of drug-likeness (QED) is 0.0431. The Kier molecular flexibility index (Phi) is 29.4. The first-order valence-corrected chi connectivity index (χ1v) is 41.4. The Morgan fingerprint density at radius 3 is 0.927 bits per heavy atom. The van der Waals surface area contributed by atoms with Gasteiger partial charge in [-0.15, -0.1) is 0 Å². The molecule has 0 saturated carbocycles. The summed E-state index contributed by atoms with van der Waals surface area (Å²) >= 11 is 0. The van der Waals surface area contributed by atoms with Crippen molar-refractivity contribution in [3.05, 3.63) is 263 Å². The summed E-state index contributed by atoms with van der Waals surface area (Å²) in [7, 11) is 3.14. The number of hydrogen-bond acceptors (Lipinski definition) is 15. The summed E-state index contributed by atoms with van der Waals surface area (Å²) in [6.07, 6.45) is 19.3. The number of aromatic nitrogens is 8. The van der Waals surface area contributed by atoms with E-state index >= 15 is 0 Å². The number of hydrogen-bond donors (Lipinski definition) is 9. The highest BCUT2D eigenvalue weighted by atomic mass is 19.1. The summed E-state index contributed by atoms with van der Waals surface area (Å²) in [5.41, 5.74) is 34.6. The molecule has 4 fully saturated rings. The lowest BCUT2D eigenvalue weighted by Crippen LogP contribution is -2.41. The van der Waals surface area contributed by atoms with Crippen molar-refractivity contribution in [1.82, 2.24) is 59.9 Å². The van der Waals surface area contributed by atoms with Crippen LogP contribution in [0.5, 0.6) is 0 Å². The molecule has 4 aliphatic heterocycles. The second kappa shape index (κ2) is 40.6. The number of nitrogens with one attached hydrogen (secondary N) is 5. The maximum Gasteiger partial charge on any atom is 0.410 e. The van der Waals surface area contributed by atoms with Crippen LogP contribution < -0.4 is 22.5 Å². The predicted octanol–water partition coefficient (Wildman–Crippen LogP) is 17.8. The standard InChI is InChI=1S/C26H29FN4O3.C26H27FN4O2.C22H23FN4O.C21H21FN4O.CH4O/c1-26(2,3)34-25(33)31-12-9-16(10-13-31)22-14-20(19-8-11-29-15-21(19)24(28)32)23(30-22)17-4-6-18(27)7-5-17;1-26(2,3)33-25(32)31-12-9-17(10-13-31)23-14-22(21-8-11-29-16-19(21)15-28)24(30-23)18-4-6-20(27)7-5-18;1-27-10-7-14(8-11-27)20-12-18(17-6-9-25-13-19(17)22(24)28)21(26-20)15-2-4-16(23)5-3-15;22-15-3-1-14(2-4-15)20-17(16-7-10-25-12-18(16)21(23)27)11-19(26-20)13-5-8-24-9-6-13;1-2/h4-8,11,14-16,30H,9-10,12-13H2,1-3H3,(H2,28,32);4-8,11,14,16-17,30H,9-10,12-13H2,1-3H3;2-6,9,12-14,26H,7-8,10-11H2,1H3,(H2,24,28);1-4,7,10-13,24,26H,5-6,8-9H2,(H2,23,27);2H,1H3. The number of amides is 5. The number of nitrogens with zero attached hydrogens (tertiary/aromatic N) is 8. The van der Waals surface area contributed by atoms with Gasteiger partial charge in [0.05, 0.1) is 45.0 Å². The molecule has 0 aliphatic carbocycles. The van der Waals surface area contributed by atoms with Crippen LogP contribution in [-0.2, 0) is 9.47 Å². The van der Waals surface area contributed by atoms with Gasteiger partial charge in [0.15, 0.2) is 0 Å². The Balaban J connectivity index is 0.000000150. The van der Waals surface area contributed by atoms with Gasteiger partial charge in [-0.25, -0.2) is 27.2 Å². The van der Waals surface area contributed by atoms with Gasteiger partial charge in [-0.2, -0.15) is 5.26 Å². The molecule has 8 aromatic heterocycles. The number of likely N-dealkylation sites (tertiary alicyclic amines) is 3. The number of H-pyrrole nitrogens is 4. The van der Waals surface area contributed by atoms with E-state index in [1.807, 2.05) is 53.7 Å². The Labute approximate surface area is 718 Å². The van der Waals surface area contributed by atoms with E-state index < -0.39 is 28.9 Å². The third-order valence-electron chi connectivity index (χ3n) is 22.4. The van der Waals surface area contributed by atoms with E-state index in [1.54, 1.807) is 108 Å². The average Bonchev–Trinajstić information content (AvgIpc) is 1.64. The molecule has 0 spiro atoms. The first-order valence-electron chi connectivity index (χ1n) is 41.4. The fraction of sp³-hybridized carbons (Fsp3) is 0.312. The number of aliphatic hydroxyl groups is 1. The van der Waals surface area contributed by atoms with Gasteiger partial charge in [0.2, 0.25) is 0 Å². The van der Waals surface area contributed by atoms with Crippen LogP contribution in [0.15, 0.2) is 195 Å². The lowest BCUT2D eigenvalue weighted by molar-refractivity contribution is 0.0194. The number of pyridine rings is 4. The molecule has 644 valence electrons. The topological polar surface area (TPSA) is 362 Å². The molecule has 124 heavy (non-hydrogen) atoms. The Morgan fingerprint density at radius 2 is 0.653 bits per heavy atom. The molecule has 12 aromatic rings. The minimum Gasteiger partial charge on any atom is -0.444 e. The number of piperidine rings is 4. The summed E-state index contributed by atoms with van der Waals surface area (Å²) in [5, 5.41) is 20.0. The van der Waals surface area contributed by atoms with E-state index in [4.69, 9.17) is 31.8 Å². The van der Waals surface area contributed by atoms with Crippen LogP contribution in [0.1, 0.15) is 176 Å². The van der Waals surface area contributed by atoms with Crippen LogP contribution in [0.3, 0.4) is 0 Å². The molecule has 0 bridgehead atoms. The van der Waals surface area contributed by atoms with Crippen molar-refractivity contribution in [3.63, 3.8) is 0 Å². The van der Waals surface area contributed by atoms with Crippen molar-refractivity contribution < 1.29 is 56.1 Å².